The van der Waals surface area contributed by atoms with Crippen molar-refractivity contribution in [1.82, 2.24) is 0 Å². The predicted octanol–water partition coefficient (Wildman–Crippen LogP) is 2.75. The molecule has 0 N–H and O–H groups in total. The lowest BCUT2D eigenvalue weighted by molar-refractivity contribution is 0.394. The highest BCUT2D eigenvalue weighted by atomic mass is 32.2. The van der Waals surface area contributed by atoms with E-state index in [-0.39, 0.29) is 0 Å². The number of hydrogen-bond donors (Lipinski definition) is 1. The number of nitrogens with zero attached hydrogens (tertiary/aromatic N) is 1. The molecule has 0 radical (unpaired) electrons. The molecule has 16 heavy (non-hydrogen) atoms. The van der Waals surface area contributed by atoms with E-state index in [1.165, 1.54) is 0 Å². The summed E-state index contributed by atoms with van der Waals surface area (Å²) in [5.41, 5.74) is 0.979. The minimum atomic E-state index is 0.623. The maximum absolute atomic E-state index is 5.37. The Morgan fingerprint density at radius 3 is 2.31 bits per heavy atom. The van der Waals surface area contributed by atoms with Crippen molar-refractivity contribution in [3.8, 4) is 11.5 Å². The fraction of sp³-hybridized carbons (Fsp3) is 0.455. The molecule has 0 amide bonds. The Labute approximate surface area is 107 Å². The van der Waals surface area contributed by atoms with Crippen LogP contribution in [0.3, 0.4) is 0 Å². The third-order valence-electron chi connectivity index (χ3n) is 2.31. The fourth-order valence-corrected chi connectivity index (χ4v) is 2.11. The first-order chi connectivity index (χ1) is 7.67. The van der Waals surface area contributed by atoms with Crippen LogP contribution in [0.1, 0.15) is 0 Å². The fourth-order valence-electron chi connectivity index (χ4n) is 1.39. The summed E-state index contributed by atoms with van der Waals surface area (Å²) < 4.78 is 10.7. The van der Waals surface area contributed by atoms with E-state index in [1.807, 2.05) is 30.3 Å². The third kappa shape index (κ3) is 2.71. The Morgan fingerprint density at radius 2 is 1.88 bits per heavy atom. The lowest BCUT2D eigenvalue weighted by Gasteiger charge is -2.21. The highest BCUT2D eigenvalue weighted by Crippen LogP contribution is 2.38. The molecule has 0 aromatic heterocycles. The molecule has 1 rings (SSSR count). The van der Waals surface area contributed by atoms with E-state index in [0.717, 1.165) is 22.1 Å². The van der Waals surface area contributed by atoms with Crippen molar-refractivity contribution >= 4 is 30.1 Å². The quantitative estimate of drug-likeness (QED) is 0.498. The van der Waals surface area contributed by atoms with Gasteiger partial charge in [-0.15, -0.1) is 11.8 Å². The molecule has 0 bridgehead atoms. The van der Waals surface area contributed by atoms with E-state index in [4.69, 9.17) is 9.47 Å². The molecule has 3 nitrogen and oxygen atoms in total. The molecule has 0 saturated carbocycles. The van der Waals surface area contributed by atoms with Gasteiger partial charge in [-0.2, -0.15) is 12.6 Å². The second-order valence-corrected chi connectivity index (χ2v) is 4.35. The van der Waals surface area contributed by atoms with E-state index in [0.29, 0.717) is 5.88 Å². The first kappa shape index (κ1) is 13.4. The average Bonchev–Trinajstić information content (AvgIpc) is 2.35. The number of ether oxygens (including phenoxy) is 2. The predicted molar refractivity (Wildman–Crippen MR) is 73.6 cm³/mol. The Balaban J connectivity index is 3.25. The standard InChI is InChI=1S/C11H17NO2S2/c1-12(7-15)8-5-10(14-3)11(16-4)6-9(8)13-2/h5-6,15H,7H2,1-4H3. The molecule has 0 saturated heterocycles. The monoisotopic (exact) mass is 259 g/mol. The third-order valence-corrected chi connectivity index (χ3v) is 3.49. The summed E-state index contributed by atoms with van der Waals surface area (Å²) in [5, 5.41) is 0. The number of rotatable bonds is 5. The maximum Gasteiger partial charge on any atom is 0.143 e. The van der Waals surface area contributed by atoms with E-state index < -0.39 is 0 Å². The maximum atomic E-state index is 5.37. The van der Waals surface area contributed by atoms with Gasteiger partial charge < -0.3 is 14.4 Å². The molecule has 0 heterocycles. The number of anilines is 1. The van der Waals surface area contributed by atoms with Crippen LogP contribution in [0.2, 0.25) is 0 Å². The van der Waals surface area contributed by atoms with Crippen LogP contribution < -0.4 is 14.4 Å². The molecule has 0 atom stereocenters. The molecular weight excluding hydrogens is 242 g/mol. The van der Waals surface area contributed by atoms with E-state index in [9.17, 15) is 0 Å². The van der Waals surface area contributed by atoms with E-state index in [2.05, 4.69) is 12.6 Å². The number of methoxy groups -OCH3 is 2. The highest BCUT2D eigenvalue weighted by Gasteiger charge is 2.13. The number of benzene rings is 1. The Morgan fingerprint density at radius 1 is 1.25 bits per heavy atom. The second-order valence-electron chi connectivity index (χ2n) is 3.22. The molecule has 5 heteroatoms. The first-order valence-corrected chi connectivity index (χ1v) is 6.65. The SMILES string of the molecule is COc1cc(N(C)CS)c(OC)cc1SC. The first-order valence-electron chi connectivity index (χ1n) is 4.80. The Kier molecular flexibility index (Phi) is 5.15. The largest absolute Gasteiger partial charge is 0.496 e. The van der Waals surface area contributed by atoms with Crippen molar-refractivity contribution in [1.29, 1.82) is 0 Å². The van der Waals surface area contributed by atoms with Crippen LogP contribution in [0, 0.1) is 0 Å². The summed E-state index contributed by atoms with van der Waals surface area (Å²) >= 11 is 5.88. The summed E-state index contributed by atoms with van der Waals surface area (Å²) in [6.07, 6.45) is 2.01. The molecule has 90 valence electrons. The molecule has 0 spiro atoms. The van der Waals surface area contributed by atoms with Gasteiger partial charge in [0.05, 0.1) is 30.7 Å². The van der Waals surface area contributed by atoms with Gasteiger partial charge in [-0.3, -0.25) is 0 Å². The van der Waals surface area contributed by atoms with Gasteiger partial charge in [0.2, 0.25) is 0 Å². The number of hydrogen-bond acceptors (Lipinski definition) is 5. The summed E-state index contributed by atoms with van der Waals surface area (Å²) in [4.78, 5) is 3.06. The van der Waals surface area contributed by atoms with Gasteiger partial charge in [-0.1, -0.05) is 0 Å². The van der Waals surface area contributed by atoms with Crippen molar-refractivity contribution < 1.29 is 9.47 Å². The van der Waals surface area contributed by atoms with Gasteiger partial charge in [0, 0.05) is 13.1 Å². The van der Waals surface area contributed by atoms with Crippen LogP contribution in [-0.4, -0.2) is 33.4 Å². The van der Waals surface area contributed by atoms with Crippen LogP contribution in [0.5, 0.6) is 11.5 Å². The van der Waals surface area contributed by atoms with Crippen LogP contribution >= 0.6 is 24.4 Å². The van der Waals surface area contributed by atoms with Crippen molar-refractivity contribution in [3.05, 3.63) is 12.1 Å². The summed E-state index contributed by atoms with van der Waals surface area (Å²) in [7, 11) is 5.30. The van der Waals surface area contributed by atoms with Gasteiger partial charge in [0.25, 0.3) is 0 Å². The van der Waals surface area contributed by atoms with Gasteiger partial charge in [-0.25, -0.2) is 0 Å². The smallest absolute Gasteiger partial charge is 0.143 e. The number of thiol groups is 1. The average molecular weight is 259 g/mol. The van der Waals surface area contributed by atoms with Crippen molar-refractivity contribution in [2.75, 3.05) is 38.3 Å². The summed E-state index contributed by atoms with van der Waals surface area (Å²) in [6, 6.07) is 3.96. The van der Waals surface area contributed by atoms with Crippen molar-refractivity contribution in [2.45, 2.75) is 4.90 Å². The second kappa shape index (κ2) is 6.15. The molecule has 0 aliphatic carbocycles. The zero-order valence-corrected chi connectivity index (χ0v) is 11.7. The van der Waals surface area contributed by atoms with Gasteiger partial charge in [0.1, 0.15) is 11.5 Å². The molecular formula is C11H17NO2S2. The molecule has 1 aromatic rings. The van der Waals surface area contributed by atoms with Crippen LogP contribution in [0.4, 0.5) is 5.69 Å². The minimum absolute atomic E-state index is 0.623. The molecule has 0 aliphatic rings. The topological polar surface area (TPSA) is 21.7 Å². The lowest BCUT2D eigenvalue weighted by atomic mass is 10.2. The normalized spacial score (nSPS) is 10.1. The molecule has 0 unspecified atom stereocenters. The van der Waals surface area contributed by atoms with Crippen molar-refractivity contribution in [2.24, 2.45) is 0 Å². The molecule has 1 aromatic carbocycles. The summed E-state index contributed by atoms with van der Waals surface area (Å²) in [6.45, 7) is 0. The minimum Gasteiger partial charge on any atom is -0.496 e. The van der Waals surface area contributed by atoms with Gasteiger partial charge >= 0.3 is 0 Å². The van der Waals surface area contributed by atoms with Gasteiger partial charge in [0.15, 0.2) is 0 Å². The number of thioether (sulfide) groups is 1. The van der Waals surface area contributed by atoms with E-state index >= 15 is 0 Å². The van der Waals surface area contributed by atoms with E-state index in [1.54, 1.807) is 26.0 Å². The van der Waals surface area contributed by atoms with Crippen molar-refractivity contribution in [3.63, 3.8) is 0 Å². The molecule has 0 fully saturated rings. The van der Waals surface area contributed by atoms with Crippen LogP contribution in [0.15, 0.2) is 17.0 Å². The Hall–Kier alpha value is -0.680. The molecule has 0 aliphatic heterocycles. The zero-order chi connectivity index (χ0) is 12.1. The van der Waals surface area contributed by atoms with Gasteiger partial charge in [-0.05, 0) is 12.3 Å². The summed E-state index contributed by atoms with van der Waals surface area (Å²) in [5.74, 6) is 2.32. The Bertz CT molecular complexity index is 358. The highest BCUT2D eigenvalue weighted by molar-refractivity contribution is 7.98. The lowest BCUT2D eigenvalue weighted by Crippen LogP contribution is -2.15. The zero-order valence-electron chi connectivity index (χ0n) is 9.98. The van der Waals surface area contributed by atoms with Crippen LogP contribution in [-0.2, 0) is 0 Å². The van der Waals surface area contributed by atoms with Crippen LogP contribution in [0.25, 0.3) is 0 Å².